The molecule has 0 saturated carbocycles. The van der Waals surface area contributed by atoms with Crippen LogP contribution in [0.5, 0.6) is 17.2 Å². The molecule has 0 fully saturated rings. The number of pyridine rings is 1. The summed E-state index contributed by atoms with van der Waals surface area (Å²) in [7, 11) is 3.31. The third-order valence-corrected chi connectivity index (χ3v) is 6.29. The topological polar surface area (TPSA) is 83.3 Å². The molecule has 1 N–H and O–H groups in total. The number of methoxy groups -OCH3 is 2. The molecule has 0 saturated heterocycles. The molecule has 6 rings (SSSR count). The minimum Gasteiger partial charge on any atom is -0.497 e. The van der Waals surface area contributed by atoms with Crippen molar-refractivity contribution in [1.82, 2.24) is 19.7 Å². The first-order chi connectivity index (χ1) is 16.7. The van der Waals surface area contributed by atoms with Gasteiger partial charge in [-0.3, -0.25) is 4.98 Å². The van der Waals surface area contributed by atoms with Crippen LogP contribution >= 0.6 is 0 Å². The molecule has 170 valence electrons. The molecule has 2 atom stereocenters. The van der Waals surface area contributed by atoms with Crippen molar-refractivity contribution in [2.45, 2.75) is 19.1 Å². The number of fused-ring (bicyclic) bond motifs is 3. The number of nitrogens with one attached hydrogen (secondary N) is 1. The highest BCUT2D eigenvalue weighted by atomic mass is 16.5. The Morgan fingerprint density at radius 3 is 2.76 bits per heavy atom. The van der Waals surface area contributed by atoms with E-state index in [1.807, 2.05) is 53.3 Å². The molecule has 0 radical (unpaired) electrons. The van der Waals surface area contributed by atoms with Gasteiger partial charge in [0.05, 0.1) is 19.9 Å². The van der Waals surface area contributed by atoms with Crippen LogP contribution in [0.1, 0.15) is 34.4 Å². The van der Waals surface area contributed by atoms with Crippen molar-refractivity contribution in [3.05, 3.63) is 95.1 Å². The molecule has 2 aliphatic heterocycles. The van der Waals surface area contributed by atoms with Gasteiger partial charge in [0.2, 0.25) is 5.95 Å². The second-order valence-corrected chi connectivity index (χ2v) is 8.28. The molecule has 4 heterocycles. The summed E-state index contributed by atoms with van der Waals surface area (Å²) in [4.78, 5) is 8.86. The van der Waals surface area contributed by atoms with E-state index in [1.165, 1.54) is 0 Å². The molecule has 8 nitrogen and oxygen atoms in total. The Labute approximate surface area is 196 Å². The average Bonchev–Trinajstić information content (AvgIpc) is 3.35. The van der Waals surface area contributed by atoms with Crippen molar-refractivity contribution in [3.63, 3.8) is 0 Å². The summed E-state index contributed by atoms with van der Waals surface area (Å²) in [5, 5.41) is 8.08. The van der Waals surface area contributed by atoms with Crippen LogP contribution in [-0.2, 0) is 0 Å². The van der Waals surface area contributed by atoms with Gasteiger partial charge in [0.1, 0.15) is 29.6 Å². The maximum absolute atomic E-state index is 6.71. The quantitative estimate of drug-likeness (QED) is 0.485. The molecule has 4 aromatic rings. The first-order valence-corrected chi connectivity index (χ1v) is 11.0. The molecule has 2 aromatic heterocycles. The van der Waals surface area contributed by atoms with Crippen molar-refractivity contribution in [2.24, 2.45) is 0 Å². The summed E-state index contributed by atoms with van der Waals surface area (Å²) in [5.74, 6) is 2.88. The maximum atomic E-state index is 6.71. The number of anilines is 1. The lowest BCUT2D eigenvalue weighted by Gasteiger charge is -2.39. The molecule has 2 aromatic carbocycles. The van der Waals surface area contributed by atoms with Crippen molar-refractivity contribution in [2.75, 3.05) is 19.5 Å². The highest BCUT2D eigenvalue weighted by Gasteiger charge is 2.42. The first-order valence-electron chi connectivity index (χ1n) is 11.0. The van der Waals surface area contributed by atoms with E-state index in [-0.39, 0.29) is 6.04 Å². The number of nitrogens with zero attached hydrogens (tertiary/aromatic N) is 4. The largest absolute Gasteiger partial charge is 0.497 e. The minimum atomic E-state index is -0.467. The SMILES string of the molecule is COc1ccc(OC)c([C@H]2Oc3ccc(C)cc3C3=C2[C@@H](c2cccnc2)n2ncnc2N3)c1. The van der Waals surface area contributed by atoms with E-state index >= 15 is 0 Å². The van der Waals surface area contributed by atoms with Gasteiger partial charge in [-0.25, -0.2) is 4.68 Å². The molecule has 34 heavy (non-hydrogen) atoms. The number of hydrogen-bond donors (Lipinski definition) is 1. The third-order valence-electron chi connectivity index (χ3n) is 6.29. The van der Waals surface area contributed by atoms with Gasteiger partial charge < -0.3 is 19.5 Å². The Balaban J connectivity index is 1.65. The van der Waals surface area contributed by atoms with Crippen molar-refractivity contribution >= 4 is 11.6 Å². The number of benzene rings is 2. The Bertz CT molecular complexity index is 1410. The molecular formula is C26H23N5O3. The summed E-state index contributed by atoms with van der Waals surface area (Å²) in [6, 6.07) is 15.6. The van der Waals surface area contributed by atoms with E-state index < -0.39 is 6.10 Å². The van der Waals surface area contributed by atoms with E-state index in [2.05, 4.69) is 33.4 Å². The smallest absolute Gasteiger partial charge is 0.226 e. The van der Waals surface area contributed by atoms with E-state index in [0.29, 0.717) is 11.7 Å². The molecular weight excluding hydrogens is 430 g/mol. The van der Waals surface area contributed by atoms with Gasteiger partial charge >= 0.3 is 0 Å². The summed E-state index contributed by atoms with van der Waals surface area (Å²) in [6.07, 6.45) is 4.71. The molecule has 0 bridgehead atoms. The summed E-state index contributed by atoms with van der Waals surface area (Å²) in [6.45, 7) is 2.07. The normalized spacial score (nSPS) is 18.2. The van der Waals surface area contributed by atoms with E-state index in [9.17, 15) is 0 Å². The van der Waals surface area contributed by atoms with E-state index in [0.717, 1.165) is 45.0 Å². The van der Waals surface area contributed by atoms with Crippen molar-refractivity contribution < 1.29 is 14.2 Å². The van der Waals surface area contributed by atoms with E-state index in [4.69, 9.17) is 14.2 Å². The average molecular weight is 454 g/mol. The fraction of sp³-hybridized carbons (Fsp3) is 0.192. The van der Waals surface area contributed by atoms with Crippen LogP contribution in [0.25, 0.3) is 5.70 Å². The molecule has 0 spiro atoms. The fourth-order valence-corrected chi connectivity index (χ4v) is 4.74. The van der Waals surface area contributed by atoms with Gasteiger partial charge in [-0.15, -0.1) is 0 Å². The zero-order valence-corrected chi connectivity index (χ0v) is 19.0. The Morgan fingerprint density at radius 2 is 1.97 bits per heavy atom. The van der Waals surface area contributed by atoms with Crippen molar-refractivity contribution in [3.8, 4) is 17.2 Å². The molecule has 0 aliphatic carbocycles. The highest BCUT2D eigenvalue weighted by molar-refractivity contribution is 5.85. The lowest BCUT2D eigenvalue weighted by molar-refractivity contribution is 0.217. The van der Waals surface area contributed by atoms with Gasteiger partial charge in [-0.1, -0.05) is 17.7 Å². The predicted molar refractivity (Wildman–Crippen MR) is 127 cm³/mol. The number of ether oxygens (including phenoxy) is 3. The third kappa shape index (κ3) is 3.10. The second-order valence-electron chi connectivity index (χ2n) is 8.28. The standard InChI is InChI=1S/C26H23N5O3/c1-15-6-8-21-18(11-15)23-22(25(34-21)19-12-17(32-2)7-9-20(19)33-3)24(16-5-4-10-27-13-16)31-26(30-23)28-14-29-31/h4-14,24-25H,1-3H3,(H,28,29,30)/t24-,25-/m1/s1. The van der Waals surface area contributed by atoms with Gasteiger partial charge in [-0.2, -0.15) is 10.1 Å². The lowest BCUT2D eigenvalue weighted by atomic mass is 9.84. The Morgan fingerprint density at radius 1 is 1.06 bits per heavy atom. The zero-order chi connectivity index (χ0) is 23.2. The van der Waals surface area contributed by atoms with E-state index in [1.54, 1.807) is 26.7 Å². The summed E-state index contributed by atoms with van der Waals surface area (Å²) >= 11 is 0. The van der Waals surface area contributed by atoms with Gasteiger partial charge in [0.15, 0.2) is 6.10 Å². The Hall–Kier alpha value is -4.33. The van der Waals surface area contributed by atoms with Gasteiger partial charge in [0.25, 0.3) is 0 Å². The van der Waals surface area contributed by atoms with Crippen LogP contribution < -0.4 is 19.5 Å². The molecule has 0 amide bonds. The van der Waals surface area contributed by atoms with Crippen LogP contribution in [0.4, 0.5) is 5.95 Å². The number of rotatable bonds is 4. The van der Waals surface area contributed by atoms with Gasteiger partial charge in [0, 0.05) is 29.1 Å². The Kier molecular flexibility index (Phi) is 4.72. The van der Waals surface area contributed by atoms with Crippen LogP contribution in [-0.4, -0.2) is 34.0 Å². The monoisotopic (exact) mass is 453 g/mol. The highest BCUT2D eigenvalue weighted by Crippen LogP contribution is 2.52. The number of aryl methyl sites for hydroxylation is 1. The number of hydrogen-bond acceptors (Lipinski definition) is 7. The van der Waals surface area contributed by atoms with Gasteiger partial charge in [-0.05, 0) is 48.9 Å². The van der Waals surface area contributed by atoms with Crippen LogP contribution in [0.3, 0.4) is 0 Å². The van der Waals surface area contributed by atoms with Crippen LogP contribution in [0.2, 0.25) is 0 Å². The number of aromatic nitrogens is 4. The summed E-state index contributed by atoms with van der Waals surface area (Å²) in [5.41, 5.74) is 5.91. The molecule has 2 aliphatic rings. The maximum Gasteiger partial charge on any atom is 0.226 e. The minimum absolute atomic E-state index is 0.281. The fourth-order valence-electron chi connectivity index (χ4n) is 4.74. The zero-order valence-electron chi connectivity index (χ0n) is 19.0. The predicted octanol–water partition coefficient (Wildman–Crippen LogP) is 4.56. The lowest BCUT2D eigenvalue weighted by Crippen LogP contribution is -2.32. The molecule has 0 unspecified atom stereocenters. The second kappa shape index (κ2) is 7.91. The first kappa shape index (κ1) is 20.3. The summed E-state index contributed by atoms with van der Waals surface area (Å²) < 4.78 is 19.9. The molecule has 8 heteroatoms. The van der Waals surface area contributed by atoms with Crippen LogP contribution in [0.15, 0.2) is 72.8 Å². The van der Waals surface area contributed by atoms with Crippen molar-refractivity contribution in [1.29, 1.82) is 0 Å². The van der Waals surface area contributed by atoms with Crippen LogP contribution in [0, 0.1) is 6.92 Å².